The number of aromatic nitrogens is 3. The molecule has 0 aliphatic carbocycles. The van der Waals surface area contributed by atoms with E-state index in [1.165, 1.54) is 0 Å². The van der Waals surface area contributed by atoms with Crippen molar-refractivity contribution >= 4 is 56.4 Å². The van der Waals surface area contributed by atoms with Crippen molar-refractivity contribution in [1.29, 1.82) is 0 Å². The van der Waals surface area contributed by atoms with Gasteiger partial charge >= 0.3 is 0 Å². The largest absolute Gasteiger partial charge is 0.394 e. The number of fused-ring (bicyclic) bond motifs is 2. The molecule has 1 aromatic carbocycles. The maximum atomic E-state index is 14.9. The molecule has 2 aromatic rings. The maximum Gasteiger partial charge on any atom is 0.248 e. The fraction of sp³-hybridized carbons (Fsp3) is 0.594. The number of aliphatic hydroxyl groups excluding tert-OH is 1. The van der Waals surface area contributed by atoms with E-state index >= 15 is 0 Å². The number of likely N-dealkylation sites (tertiary alicyclic amines) is 1. The number of amides is 3. The highest BCUT2D eigenvalue weighted by atomic mass is 79.9. The quantitative estimate of drug-likeness (QED) is 0.238. The van der Waals surface area contributed by atoms with E-state index in [9.17, 15) is 19.5 Å². The summed E-state index contributed by atoms with van der Waals surface area (Å²) >= 11 is 5.47. The van der Waals surface area contributed by atoms with Gasteiger partial charge in [-0.25, -0.2) is 4.68 Å². The Morgan fingerprint density at radius 3 is 2.57 bits per heavy atom. The molecule has 1 aromatic heterocycles. The Labute approximate surface area is 272 Å². The zero-order valence-corrected chi connectivity index (χ0v) is 28.1. The minimum atomic E-state index is -0.863. The topological polar surface area (TPSA) is 112 Å². The number of rotatable bonds is 14. The van der Waals surface area contributed by atoms with Crippen LogP contribution in [-0.4, -0.2) is 106 Å². The van der Waals surface area contributed by atoms with Crippen LogP contribution in [0, 0.1) is 17.8 Å². The zero-order valence-electron chi connectivity index (χ0n) is 25.7. The van der Waals surface area contributed by atoms with Crippen LogP contribution in [-0.2, 0) is 21.1 Å². The van der Waals surface area contributed by atoms with Crippen molar-refractivity contribution < 1.29 is 19.5 Å². The third kappa shape index (κ3) is 5.51. The number of hydrogen-bond acceptors (Lipinski definition) is 7. The number of para-hydroxylation sites is 1. The first-order chi connectivity index (χ1) is 21.1. The number of carbonyl (C=O) groups is 3. The van der Waals surface area contributed by atoms with Gasteiger partial charge in [-0.2, -0.15) is 0 Å². The van der Waals surface area contributed by atoms with E-state index in [1.54, 1.807) is 43.3 Å². The molecule has 0 radical (unpaired) electrons. The smallest absolute Gasteiger partial charge is 0.248 e. The lowest BCUT2D eigenvalue weighted by Gasteiger charge is -2.40. The summed E-state index contributed by atoms with van der Waals surface area (Å²) in [6.45, 7) is 14.9. The number of nitrogens with zero attached hydrogens (tertiary/aromatic N) is 6. The van der Waals surface area contributed by atoms with Gasteiger partial charge in [-0.15, -0.1) is 30.0 Å². The van der Waals surface area contributed by atoms with Crippen LogP contribution in [0.5, 0.6) is 0 Å². The lowest BCUT2D eigenvalue weighted by atomic mass is 9.70. The fourth-order valence-corrected chi connectivity index (χ4v) is 11.1. The Morgan fingerprint density at radius 1 is 1.20 bits per heavy atom. The first-order valence-electron chi connectivity index (χ1n) is 15.5. The predicted octanol–water partition coefficient (Wildman–Crippen LogP) is 3.70. The molecule has 5 rings (SSSR count). The summed E-state index contributed by atoms with van der Waals surface area (Å²) < 4.78 is 0.856. The number of benzene rings is 1. The van der Waals surface area contributed by atoms with E-state index in [-0.39, 0.29) is 53.5 Å². The van der Waals surface area contributed by atoms with Crippen LogP contribution in [0.15, 0.2) is 49.6 Å². The summed E-state index contributed by atoms with van der Waals surface area (Å²) in [5, 5.41) is 19.1. The highest BCUT2D eigenvalue weighted by Crippen LogP contribution is 2.68. The molecule has 7 atom stereocenters. The molecular formula is C32H43BrN6O4S. The summed E-state index contributed by atoms with van der Waals surface area (Å²) in [4.78, 5) is 48.9. The summed E-state index contributed by atoms with van der Waals surface area (Å²) in [6, 6.07) is 6.14. The van der Waals surface area contributed by atoms with Crippen molar-refractivity contribution in [1.82, 2.24) is 29.7 Å². The second kappa shape index (κ2) is 13.3. The summed E-state index contributed by atoms with van der Waals surface area (Å²) in [5.74, 6) is -1.59. The molecule has 238 valence electrons. The molecule has 0 saturated carbocycles. The van der Waals surface area contributed by atoms with Gasteiger partial charge in [0.25, 0.3) is 0 Å². The molecule has 3 aliphatic rings. The molecule has 12 heteroatoms. The standard InChI is InChI=1S/C32H43BrN6O4S/c1-6-13-36(14-7-2)29(41)25-26-30(42)39(21(18-40)16-20(4)5)28(32(26)17-22(33)27(25)44-32)31(43)37(15-8-3)19-38-24-12-10-9-11-23(24)34-35-38/h6,8-12,20-22,25-28,40H,1,3,7,13-19H2,2,4-5H3/t21-,22?,25+,26+,27+,28?,32?/m1/s1. The number of halogens is 1. The third-order valence-corrected chi connectivity index (χ3v) is 12.4. The Balaban J connectivity index is 1.59. The molecule has 2 bridgehead atoms. The molecular weight excluding hydrogens is 644 g/mol. The van der Waals surface area contributed by atoms with Crippen LogP contribution < -0.4 is 0 Å². The zero-order chi connectivity index (χ0) is 31.8. The van der Waals surface area contributed by atoms with E-state index in [4.69, 9.17) is 0 Å². The SMILES string of the molecule is C=CCN(Cn1nnc2ccccc21)C(=O)C1N([C@@H](CO)CC(C)C)C(=O)[C@@H]2[C@H](C(=O)N(CC=C)CCC)[C@H]3SC12CC3Br. The lowest BCUT2D eigenvalue weighted by Crippen LogP contribution is -2.58. The molecule has 3 amide bonds. The van der Waals surface area contributed by atoms with Crippen LogP contribution in [0.2, 0.25) is 0 Å². The van der Waals surface area contributed by atoms with Gasteiger partial charge in [0.05, 0.1) is 34.7 Å². The second-order valence-electron chi connectivity index (χ2n) is 12.5. The monoisotopic (exact) mass is 686 g/mol. The molecule has 3 saturated heterocycles. The number of hydrogen-bond donors (Lipinski definition) is 1. The molecule has 1 spiro atoms. The molecule has 44 heavy (non-hydrogen) atoms. The normalized spacial score (nSPS) is 28.0. The molecule has 4 heterocycles. The second-order valence-corrected chi connectivity index (χ2v) is 15.2. The van der Waals surface area contributed by atoms with E-state index in [2.05, 4.69) is 39.4 Å². The van der Waals surface area contributed by atoms with Crippen LogP contribution >= 0.6 is 27.7 Å². The van der Waals surface area contributed by atoms with Crippen LogP contribution in [0.1, 0.15) is 40.0 Å². The minimum absolute atomic E-state index is 0.0438. The average Bonchev–Trinajstić information content (AvgIpc) is 3.72. The lowest BCUT2D eigenvalue weighted by molar-refractivity contribution is -0.148. The minimum Gasteiger partial charge on any atom is -0.394 e. The van der Waals surface area contributed by atoms with Crippen molar-refractivity contribution in [2.24, 2.45) is 17.8 Å². The number of aliphatic hydroxyl groups is 1. The average molecular weight is 688 g/mol. The highest BCUT2D eigenvalue weighted by molar-refractivity contribution is 9.09. The van der Waals surface area contributed by atoms with E-state index < -0.39 is 28.7 Å². The van der Waals surface area contributed by atoms with Gasteiger partial charge in [0.1, 0.15) is 18.2 Å². The van der Waals surface area contributed by atoms with Gasteiger partial charge in [0, 0.05) is 29.7 Å². The van der Waals surface area contributed by atoms with Crippen molar-refractivity contribution in [2.75, 3.05) is 26.2 Å². The van der Waals surface area contributed by atoms with Crippen LogP contribution in [0.4, 0.5) is 0 Å². The van der Waals surface area contributed by atoms with Crippen molar-refractivity contribution in [3.63, 3.8) is 0 Å². The molecule has 1 N–H and O–H groups in total. The predicted molar refractivity (Wildman–Crippen MR) is 176 cm³/mol. The molecule has 3 fully saturated rings. The van der Waals surface area contributed by atoms with Gasteiger partial charge < -0.3 is 19.8 Å². The van der Waals surface area contributed by atoms with Gasteiger partial charge in [0.15, 0.2) is 0 Å². The van der Waals surface area contributed by atoms with Crippen molar-refractivity contribution in [3.05, 3.63) is 49.6 Å². The number of carbonyl (C=O) groups excluding carboxylic acids is 3. The first-order valence-corrected chi connectivity index (χ1v) is 17.2. The van der Waals surface area contributed by atoms with Crippen molar-refractivity contribution in [2.45, 2.75) is 73.6 Å². The van der Waals surface area contributed by atoms with Crippen LogP contribution in [0.3, 0.4) is 0 Å². The summed E-state index contributed by atoms with van der Waals surface area (Å²) in [7, 11) is 0. The Morgan fingerprint density at radius 2 is 1.91 bits per heavy atom. The van der Waals surface area contributed by atoms with Crippen LogP contribution in [0.25, 0.3) is 11.0 Å². The van der Waals surface area contributed by atoms with Gasteiger partial charge in [-0.05, 0) is 37.3 Å². The molecule has 10 nitrogen and oxygen atoms in total. The highest BCUT2D eigenvalue weighted by Gasteiger charge is 2.76. The third-order valence-electron chi connectivity index (χ3n) is 9.13. The number of thioether (sulfide) groups is 1. The Kier molecular flexibility index (Phi) is 9.91. The summed E-state index contributed by atoms with van der Waals surface area (Å²) in [5.41, 5.74) is 1.51. The molecule has 3 unspecified atom stereocenters. The van der Waals surface area contributed by atoms with E-state index in [0.29, 0.717) is 25.9 Å². The van der Waals surface area contributed by atoms with E-state index in [0.717, 1.165) is 17.5 Å². The first kappa shape index (κ1) is 32.7. The fourth-order valence-electron chi connectivity index (χ4n) is 7.50. The van der Waals surface area contributed by atoms with Crippen molar-refractivity contribution in [3.8, 4) is 0 Å². The molecule has 3 aliphatic heterocycles. The Hall–Kier alpha value is -2.70. The summed E-state index contributed by atoms with van der Waals surface area (Å²) in [6.07, 6.45) is 5.27. The number of alkyl halides is 1. The van der Waals surface area contributed by atoms with Gasteiger partial charge in [-0.3, -0.25) is 14.4 Å². The van der Waals surface area contributed by atoms with Gasteiger partial charge in [-0.1, -0.05) is 66.2 Å². The van der Waals surface area contributed by atoms with E-state index in [1.807, 2.05) is 45.0 Å². The maximum absolute atomic E-state index is 14.9. The van der Waals surface area contributed by atoms with Gasteiger partial charge in [0.2, 0.25) is 17.7 Å². The Bertz CT molecular complexity index is 1420.